The normalized spacial score (nSPS) is 13.5. The van der Waals surface area contributed by atoms with Gasteiger partial charge in [-0.05, 0) is 45.0 Å². The number of aliphatic carboxylic acids is 1. The van der Waals surface area contributed by atoms with Crippen molar-refractivity contribution in [2.24, 2.45) is 10.7 Å². The average Bonchev–Trinajstić information content (AvgIpc) is 2.27. The second-order valence-corrected chi connectivity index (χ2v) is 5.02. The van der Waals surface area contributed by atoms with E-state index in [-0.39, 0.29) is 11.3 Å². The van der Waals surface area contributed by atoms with E-state index in [0.29, 0.717) is 5.56 Å². The molecule has 4 nitrogen and oxygen atoms in total. The van der Waals surface area contributed by atoms with Gasteiger partial charge >= 0.3 is 5.97 Å². The topological polar surface area (TPSA) is 75.7 Å². The molecule has 0 heterocycles. The van der Waals surface area contributed by atoms with Gasteiger partial charge in [0.15, 0.2) is 0 Å². The molecule has 0 saturated carbocycles. The third-order valence-electron chi connectivity index (χ3n) is 2.22. The number of rotatable bonds is 3. The molecule has 0 amide bonds. The van der Waals surface area contributed by atoms with Crippen LogP contribution in [0, 0.1) is 5.82 Å². The minimum Gasteiger partial charge on any atom is -0.478 e. The molecule has 0 aliphatic heterocycles. The molecule has 0 spiro atoms. The Hall–Kier alpha value is -2.17. The Labute approximate surface area is 111 Å². The average molecular weight is 264 g/mol. The molecule has 1 rings (SSSR count). The number of aliphatic imine (C=N–C) groups is 1. The van der Waals surface area contributed by atoms with Crippen molar-refractivity contribution in [3.8, 4) is 0 Å². The number of hydrogen-bond acceptors (Lipinski definition) is 3. The van der Waals surface area contributed by atoms with Crippen molar-refractivity contribution in [3.63, 3.8) is 0 Å². The molecular formula is C14H17FN2O2. The highest BCUT2D eigenvalue weighted by Gasteiger charge is 2.20. The van der Waals surface area contributed by atoms with E-state index in [9.17, 15) is 9.18 Å². The van der Waals surface area contributed by atoms with Crippen molar-refractivity contribution in [1.29, 1.82) is 0 Å². The van der Waals surface area contributed by atoms with Gasteiger partial charge in [-0.25, -0.2) is 9.18 Å². The van der Waals surface area contributed by atoms with Crippen LogP contribution in [0.15, 0.2) is 41.0 Å². The van der Waals surface area contributed by atoms with E-state index in [4.69, 9.17) is 10.8 Å². The Kier molecular flexibility index (Phi) is 4.43. The Morgan fingerprint density at radius 3 is 2.21 bits per heavy atom. The first-order chi connectivity index (χ1) is 8.74. The zero-order valence-corrected chi connectivity index (χ0v) is 11.1. The molecule has 1 aromatic rings. The van der Waals surface area contributed by atoms with Crippen molar-refractivity contribution in [1.82, 2.24) is 0 Å². The fourth-order valence-electron chi connectivity index (χ4n) is 1.47. The summed E-state index contributed by atoms with van der Waals surface area (Å²) >= 11 is 0. The smallest absolute Gasteiger partial charge is 0.339 e. The third kappa shape index (κ3) is 4.21. The van der Waals surface area contributed by atoms with Crippen molar-refractivity contribution in [3.05, 3.63) is 47.4 Å². The standard InChI is InChI=1S/C14H17FN2O2/c1-14(2,3)17-12(11(8-16)13(18)19)9-4-6-10(15)7-5-9/h4-8H,16H2,1-3H3,(H,18,19). The summed E-state index contributed by atoms with van der Waals surface area (Å²) in [5.74, 6) is -1.57. The molecule has 0 saturated heterocycles. The van der Waals surface area contributed by atoms with E-state index in [1.807, 2.05) is 20.8 Å². The molecule has 3 N–H and O–H groups in total. The van der Waals surface area contributed by atoms with Crippen LogP contribution in [0.2, 0.25) is 0 Å². The highest BCUT2D eigenvalue weighted by molar-refractivity contribution is 6.26. The predicted octanol–water partition coefficient (Wildman–Crippen LogP) is 2.34. The molecule has 0 bridgehead atoms. The number of carbonyl (C=O) groups is 1. The van der Waals surface area contributed by atoms with Gasteiger partial charge in [-0.1, -0.05) is 0 Å². The lowest BCUT2D eigenvalue weighted by atomic mass is 10.0. The summed E-state index contributed by atoms with van der Waals surface area (Å²) in [6, 6.07) is 5.46. The maximum absolute atomic E-state index is 12.9. The van der Waals surface area contributed by atoms with E-state index in [2.05, 4.69) is 4.99 Å². The summed E-state index contributed by atoms with van der Waals surface area (Å²) in [5, 5.41) is 9.15. The third-order valence-corrected chi connectivity index (χ3v) is 2.22. The van der Waals surface area contributed by atoms with Gasteiger partial charge < -0.3 is 10.8 Å². The van der Waals surface area contributed by atoms with Crippen LogP contribution in [0.4, 0.5) is 4.39 Å². The van der Waals surface area contributed by atoms with Gasteiger partial charge in [-0.2, -0.15) is 0 Å². The maximum Gasteiger partial charge on any atom is 0.339 e. The van der Waals surface area contributed by atoms with E-state index >= 15 is 0 Å². The predicted molar refractivity (Wildman–Crippen MR) is 72.6 cm³/mol. The first kappa shape index (κ1) is 14.9. The number of hydrogen-bond donors (Lipinski definition) is 2. The quantitative estimate of drug-likeness (QED) is 0.650. The van der Waals surface area contributed by atoms with E-state index in [1.165, 1.54) is 24.3 Å². The number of carboxylic acids is 1. The van der Waals surface area contributed by atoms with Crippen LogP contribution < -0.4 is 5.73 Å². The minimum absolute atomic E-state index is 0.110. The van der Waals surface area contributed by atoms with E-state index in [1.54, 1.807) is 0 Å². The molecule has 1 aromatic carbocycles. The van der Waals surface area contributed by atoms with Crippen LogP contribution in [-0.2, 0) is 4.79 Å². The highest BCUT2D eigenvalue weighted by Crippen LogP contribution is 2.16. The number of nitrogens with two attached hydrogens (primary N) is 1. The molecule has 0 radical (unpaired) electrons. The largest absolute Gasteiger partial charge is 0.478 e. The molecule has 0 aliphatic rings. The summed E-state index contributed by atoms with van der Waals surface area (Å²) in [6.07, 6.45) is 0.996. The first-order valence-corrected chi connectivity index (χ1v) is 5.76. The number of halogens is 1. The van der Waals surface area contributed by atoms with Gasteiger partial charge in [0, 0.05) is 11.8 Å². The Bertz CT molecular complexity index is 525. The summed E-state index contributed by atoms with van der Waals surface area (Å²) in [5.41, 5.74) is 5.52. The Morgan fingerprint density at radius 2 is 1.84 bits per heavy atom. The summed E-state index contributed by atoms with van der Waals surface area (Å²) in [7, 11) is 0. The lowest BCUT2D eigenvalue weighted by Gasteiger charge is -2.16. The van der Waals surface area contributed by atoms with Crippen LogP contribution in [0.5, 0.6) is 0 Å². The van der Waals surface area contributed by atoms with Crippen LogP contribution in [0.25, 0.3) is 0 Å². The van der Waals surface area contributed by atoms with Gasteiger partial charge in [0.1, 0.15) is 11.4 Å². The van der Waals surface area contributed by atoms with E-state index < -0.39 is 17.3 Å². The fourth-order valence-corrected chi connectivity index (χ4v) is 1.47. The van der Waals surface area contributed by atoms with Crippen molar-refractivity contribution < 1.29 is 14.3 Å². The molecule has 0 aliphatic carbocycles. The molecular weight excluding hydrogens is 247 g/mol. The van der Waals surface area contributed by atoms with Crippen molar-refractivity contribution in [2.75, 3.05) is 0 Å². The van der Waals surface area contributed by atoms with Crippen LogP contribution >= 0.6 is 0 Å². The van der Waals surface area contributed by atoms with Gasteiger partial charge in [-0.3, -0.25) is 4.99 Å². The molecule has 0 fully saturated rings. The molecule has 5 heteroatoms. The monoisotopic (exact) mass is 264 g/mol. The van der Waals surface area contributed by atoms with Crippen molar-refractivity contribution in [2.45, 2.75) is 26.3 Å². The van der Waals surface area contributed by atoms with Gasteiger partial charge in [0.25, 0.3) is 0 Å². The Balaban J connectivity index is 3.40. The highest BCUT2D eigenvalue weighted by atomic mass is 19.1. The zero-order valence-electron chi connectivity index (χ0n) is 11.1. The molecule has 19 heavy (non-hydrogen) atoms. The summed E-state index contributed by atoms with van der Waals surface area (Å²) < 4.78 is 12.9. The fraction of sp³-hybridized carbons (Fsp3) is 0.286. The molecule has 0 unspecified atom stereocenters. The minimum atomic E-state index is -1.17. The maximum atomic E-state index is 12.9. The zero-order chi connectivity index (χ0) is 14.6. The second kappa shape index (κ2) is 5.65. The Morgan fingerprint density at radius 1 is 1.32 bits per heavy atom. The number of nitrogens with zero attached hydrogens (tertiary/aromatic N) is 1. The van der Waals surface area contributed by atoms with Gasteiger partial charge in [0.05, 0.1) is 11.3 Å². The first-order valence-electron chi connectivity index (χ1n) is 5.76. The second-order valence-electron chi connectivity index (χ2n) is 5.02. The number of benzene rings is 1. The van der Waals surface area contributed by atoms with Crippen LogP contribution in [-0.4, -0.2) is 22.3 Å². The molecule has 0 aromatic heterocycles. The molecule has 0 atom stereocenters. The van der Waals surface area contributed by atoms with E-state index in [0.717, 1.165) is 6.20 Å². The SMILES string of the molecule is CC(C)(C)N=C(C(=CN)C(=O)O)c1ccc(F)cc1. The summed E-state index contributed by atoms with van der Waals surface area (Å²) in [4.78, 5) is 15.6. The van der Waals surface area contributed by atoms with Crippen molar-refractivity contribution >= 4 is 11.7 Å². The molecule has 102 valence electrons. The van der Waals surface area contributed by atoms with Crippen LogP contribution in [0.3, 0.4) is 0 Å². The number of carboxylic acid groups (broad SMARTS) is 1. The summed E-state index contributed by atoms with van der Waals surface area (Å²) in [6.45, 7) is 5.52. The lowest BCUT2D eigenvalue weighted by Crippen LogP contribution is -2.21. The lowest BCUT2D eigenvalue weighted by molar-refractivity contribution is -0.132. The van der Waals surface area contributed by atoms with Gasteiger partial charge in [0.2, 0.25) is 0 Å². The van der Waals surface area contributed by atoms with Gasteiger partial charge in [-0.15, -0.1) is 0 Å². The van der Waals surface area contributed by atoms with Crippen LogP contribution in [0.1, 0.15) is 26.3 Å².